The Morgan fingerprint density at radius 3 is 2.48 bits per heavy atom. The zero-order valence-electron chi connectivity index (χ0n) is 16.3. The Bertz CT molecular complexity index is 1090. The summed E-state index contributed by atoms with van der Waals surface area (Å²) in [4.78, 5) is 15.3. The monoisotopic (exact) mass is 414 g/mol. The predicted molar refractivity (Wildman–Crippen MR) is 110 cm³/mol. The predicted octanol–water partition coefficient (Wildman–Crippen LogP) is 2.88. The van der Waals surface area contributed by atoms with Gasteiger partial charge in [-0.05, 0) is 36.8 Å². The van der Waals surface area contributed by atoms with Gasteiger partial charge in [0.1, 0.15) is 5.75 Å². The molecular formula is C20H22N4O4S. The van der Waals surface area contributed by atoms with Gasteiger partial charge in [-0.3, -0.25) is 4.79 Å². The van der Waals surface area contributed by atoms with Crippen LogP contribution in [0.15, 0.2) is 66.1 Å². The summed E-state index contributed by atoms with van der Waals surface area (Å²) in [6.07, 6.45) is 5.22. The molecular weight excluding hydrogens is 392 g/mol. The molecule has 1 heterocycles. The Labute approximate surface area is 169 Å². The Balaban J connectivity index is 1.78. The lowest BCUT2D eigenvalue weighted by atomic mass is 10.1. The number of hydrogen-bond acceptors (Lipinski definition) is 5. The average molecular weight is 414 g/mol. The molecule has 2 N–H and O–H groups in total. The van der Waals surface area contributed by atoms with Gasteiger partial charge in [-0.15, -0.1) is 0 Å². The van der Waals surface area contributed by atoms with Crippen molar-refractivity contribution in [1.29, 1.82) is 0 Å². The second-order valence-electron chi connectivity index (χ2n) is 6.45. The zero-order valence-corrected chi connectivity index (χ0v) is 17.1. The van der Waals surface area contributed by atoms with Gasteiger partial charge < -0.3 is 14.6 Å². The van der Waals surface area contributed by atoms with Gasteiger partial charge in [-0.2, -0.15) is 0 Å². The minimum Gasteiger partial charge on any atom is -0.495 e. The third-order valence-electron chi connectivity index (χ3n) is 4.32. The van der Waals surface area contributed by atoms with E-state index in [0.717, 1.165) is 11.3 Å². The highest BCUT2D eigenvalue weighted by Crippen LogP contribution is 2.28. The first-order chi connectivity index (χ1) is 13.8. The molecule has 3 rings (SSSR count). The van der Waals surface area contributed by atoms with Crippen LogP contribution < -0.4 is 14.8 Å². The fourth-order valence-corrected chi connectivity index (χ4v) is 4.09. The quantitative estimate of drug-likeness (QED) is 0.619. The number of ether oxygens (including phenoxy) is 1. The third-order valence-corrected chi connectivity index (χ3v) is 5.86. The van der Waals surface area contributed by atoms with Crippen LogP contribution in [0.3, 0.4) is 0 Å². The standard InChI is InChI=1S/C20H22N4O4S/c1-14(16-4-6-17(7-5-16)24-11-10-21-13-24)23-29(26,27)18-8-9-19(22-15(2)25)20(12-18)28-3/h4-14,23H,1-3H3,(H,22,25). The maximum atomic E-state index is 12.8. The van der Waals surface area contributed by atoms with Crippen LogP contribution in [0.25, 0.3) is 5.69 Å². The molecule has 9 heteroatoms. The number of carbonyl (C=O) groups is 1. The van der Waals surface area contributed by atoms with Crippen molar-refractivity contribution in [3.8, 4) is 11.4 Å². The molecule has 0 bridgehead atoms. The average Bonchev–Trinajstić information content (AvgIpc) is 3.22. The van der Waals surface area contributed by atoms with Crippen molar-refractivity contribution in [2.75, 3.05) is 12.4 Å². The number of nitrogens with zero attached hydrogens (tertiary/aromatic N) is 2. The van der Waals surface area contributed by atoms with E-state index in [1.165, 1.54) is 32.2 Å². The van der Waals surface area contributed by atoms with Crippen molar-refractivity contribution in [3.05, 3.63) is 66.7 Å². The number of hydrogen-bond donors (Lipinski definition) is 2. The lowest BCUT2D eigenvalue weighted by Gasteiger charge is -2.16. The van der Waals surface area contributed by atoms with Gasteiger partial charge in [-0.1, -0.05) is 12.1 Å². The number of sulfonamides is 1. The van der Waals surface area contributed by atoms with Gasteiger partial charge in [0.25, 0.3) is 0 Å². The summed E-state index contributed by atoms with van der Waals surface area (Å²) < 4.78 is 35.3. The first-order valence-electron chi connectivity index (χ1n) is 8.86. The number of aromatic nitrogens is 2. The summed E-state index contributed by atoms with van der Waals surface area (Å²) in [5.41, 5.74) is 2.15. The number of amides is 1. The molecule has 0 saturated heterocycles. The molecule has 3 aromatic rings. The number of imidazole rings is 1. The Hall–Kier alpha value is -3.17. The van der Waals surface area contributed by atoms with E-state index in [4.69, 9.17) is 4.74 Å². The van der Waals surface area contributed by atoms with Gasteiger partial charge in [0, 0.05) is 37.1 Å². The number of anilines is 1. The van der Waals surface area contributed by atoms with Crippen molar-refractivity contribution in [2.45, 2.75) is 24.8 Å². The molecule has 0 fully saturated rings. The van der Waals surface area contributed by atoms with E-state index < -0.39 is 16.1 Å². The molecule has 0 saturated carbocycles. The molecule has 1 atom stereocenters. The number of methoxy groups -OCH3 is 1. The lowest BCUT2D eigenvalue weighted by Crippen LogP contribution is -2.27. The molecule has 1 aromatic heterocycles. The van der Waals surface area contributed by atoms with Crippen molar-refractivity contribution in [2.24, 2.45) is 0 Å². The molecule has 152 valence electrons. The molecule has 0 aliphatic carbocycles. The van der Waals surface area contributed by atoms with Gasteiger partial charge in [-0.25, -0.2) is 18.1 Å². The SMILES string of the molecule is COc1cc(S(=O)(=O)NC(C)c2ccc(-n3ccnc3)cc2)ccc1NC(C)=O. The van der Waals surface area contributed by atoms with Crippen LogP contribution in [-0.4, -0.2) is 31.0 Å². The van der Waals surface area contributed by atoms with Crippen LogP contribution in [0.1, 0.15) is 25.5 Å². The van der Waals surface area contributed by atoms with E-state index in [9.17, 15) is 13.2 Å². The molecule has 1 amide bonds. The lowest BCUT2D eigenvalue weighted by molar-refractivity contribution is -0.114. The maximum Gasteiger partial charge on any atom is 0.241 e. The molecule has 29 heavy (non-hydrogen) atoms. The molecule has 1 unspecified atom stereocenters. The minimum atomic E-state index is -3.80. The second kappa shape index (κ2) is 8.46. The molecule has 8 nitrogen and oxygen atoms in total. The maximum absolute atomic E-state index is 12.8. The third kappa shape index (κ3) is 4.82. The van der Waals surface area contributed by atoms with Gasteiger partial charge in [0.05, 0.1) is 24.0 Å². The van der Waals surface area contributed by atoms with E-state index in [1.807, 2.05) is 35.0 Å². The highest BCUT2D eigenvalue weighted by atomic mass is 32.2. The second-order valence-corrected chi connectivity index (χ2v) is 8.16. The molecule has 2 aromatic carbocycles. The Morgan fingerprint density at radius 1 is 1.17 bits per heavy atom. The van der Waals surface area contributed by atoms with Gasteiger partial charge in [0.15, 0.2) is 0 Å². The van der Waals surface area contributed by atoms with Crippen molar-refractivity contribution >= 4 is 21.6 Å². The van der Waals surface area contributed by atoms with Crippen LogP contribution in [0.2, 0.25) is 0 Å². The first-order valence-corrected chi connectivity index (χ1v) is 10.3. The molecule has 0 aliphatic rings. The summed E-state index contributed by atoms with van der Waals surface area (Å²) in [5, 5.41) is 2.60. The Kier molecular flexibility index (Phi) is 6.00. The topological polar surface area (TPSA) is 102 Å². The van der Waals surface area contributed by atoms with Crippen LogP contribution >= 0.6 is 0 Å². The fourth-order valence-electron chi connectivity index (χ4n) is 2.85. The van der Waals surface area contributed by atoms with Gasteiger partial charge in [0.2, 0.25) is 15.9 Å². The summed E-state index contributed by atoms with van der Waals surface area (Å²) in [7, 11) is -2.39. The van der Waals surface area contributed by atoms with Crippen molar-refractivity contribution in [3.63, 3.8) is 0 Å². The highest BCUT2D eigenvalue weighted by Gasteiger charge is 2.20. The number of carbonyl (C=O) groups excluding carboxylic acids is 1. The fraction of sp³-hybridized carbons (Fsp3) is 0.200. The van der Waals surface area contributed by atoms with E-state index in [2.05, 4.69) is 15.0 Å². The molecule has 0 aliphatic heterocycles. The number of nitrogens with one attached hydrogen (secondary N) is 2. The summed E-state index contributed by atoms with van der Waals surface area (Å²) >= 11 is 0. The van der Waals surface area contributed by atoms with Crippen molar-refractivity contribution in [1.82, 2.24) is 14.3 Å². The smallest absolute Gasteiger partial charge is 0.241 e. The van der Waals surface area contributed by atoms with E-state index in [-0.39, 0.29) is 16.6 Å². The van der Waals surface area contributed by atoms with Crippen LogP contribution in [0.4, 0.5) is 5.69 Å². The van der Waals surface area contributed by atoms with E-state index in [0.29, 0.717) is 5.69 Å². The summed E-state index contributed by atoms with van der Waals surface area (Å²) in [6, 6.07) is 11.4. The zero-order chi connectivity index (χ0) is 21.0. The summed E-state index contributed by atoms with van der Waals surface area (Å²) in [5.74, 6) is -0.00907. The van der Waals surface area contributed by atoms with Crippen LogP contribution in [0.5, 0.6) is 5.75 Å². The van der Waals surface area contributed by atoms with Crippen molar-refractivity contribution < 1.29 is 17.9 Å². The van der Waals surface area contributed by atoms with Crippen LogP contribution in [-0.2, 0) is 14.8 Å². The van der Waals surface area contributed by atoms with Crippen LogP contribution in [0, 0.1) is 0 Å². The number of benzene rings is 2. The van der Waals surface area contributed by atoms with E-state index >= 15 is 0 Å². The number of rotatable bonds is 7. The Morgan fingerprint density at radius 2 is 1.90 bits per heavy atom. The van der Waals surface area contributed by atoms with Gasteiger partial charge >= 0.3 is 0 Å². The molecule has 0 spiro atoms. The van der Waals surface area contributed by atoms with E-state index in [1.54, 1.807) is 19.4 Å². The molecule has 0 radical (unpaired) electrons. The largest absolute Gasteiger partial charge is 0.495 e. The highest BCUT2D eigenvalue weighted by molar-refractivity contribution is 7.89. The normalized spacial score (nSPS) is 12.4. The minimum absolute atomic E-state index is 0.0466. The summed E-state index contributed by atoms with van der Waals surface area (Å²) in [6.45, 7) is 3.14. The first kappa shape index (κ1) is 20.6.